The van der Waals surface area contributed by atoms with Gasteiger partial charge in [-0.2, -0.15) is 5.26 Å². The van der Waals surface area contributed by atoms with Gasteiger partial charge in [0.15, 0.2) is 0 Å². The van der Waals surface area contributed by atoms with E-state index in [0.717, 1.165) is 23.1 Å². The van der Waals surface area contributed by atoms with Crippen LogP contribution >= 0.6 is 0 Å². The van der Waals surface area contributed by atoms with E-state index in [9.17, 15) is 4.39 Å². The minimum absolute atomic E-state index is 0.0501. The van der Waals surface area contributed by atoms with Crippen LogP contribution in [-0.2, 0) is 6.42 Å². The lowest BCUT2D eigenvalue weighted by Crippen LogP contribution is -2.23. The van der Waals surface area contributed by atoms with Crippen molar-refractivity contribution in [3.05, 3.63) is 58.3 Å². The number of nitrogens with zero attached hydrogens (tertiary/aromatic N) is 3. The van der Waals surface area contributed by atoms with Crippen molar-refractivity contribution in [2.75, 3.05) is 6.54 Å². The Morgan fingerprint density at radius 2 is 2.15 bits per heavy atom. The lowest BCUT2D eigenvalue weighted by molar-refractivity contribution is 0.371. The number of nitrogens with two attached hydrogens (primary N) is 2. The number of aliphatic imine (C=N–C) groups is 2. The molecule has 0 heterocycles. The zero-order valence-corrected chi connectivity index (χ0v) is 15.2. The van der Waals surface area contributed by atoms with Gasteiger partial charge < -0.3 is 11.5 Å². The number of fused-ring (bicyclic) bond motifs is 1. The molecule has 2 unspecified atom stereocenters. The SMILES string of the molecule is C=C(C(N)=C1CCc2cc(C#N)ccc2C1=NCC(C)F)C(C)N=CN. The van der Waals surface area contributed by atoms with E-state index in [1.54, 1.807) is 6.07 Å². The molecular formula is C20H24FN5. The number of nitriles is 1. The Labute approximate surface area is 153 Å². The third-order valence-corrected chi connectivity index (χ3v) is 4.41. The van der Waals surface area contributed by atoms with Crippen LogP contribution in [0.15, 0.2) is 51.6 Å². The molecule has 0 bridgehead atoms. The van der Waals surface area contributed by atoms with Crippen LogP contribution < -0.4 is 11.5 Å². The second-order valence-corrected chi connectivity index (χ2v) is 6.35. The Bertz CT molecular complexity index is 827. The summed E-state index contributed by atoms with van der Waals surface area (Å²) in [5.41, 5.74) is 16.9. The van der Waals surface area contributed by atoms with Gasteiger partial charge in [-0.15, -0.1) is 0 Å². The summed E-state index contributed by atoms with van der Waals surface area (Å²) in [6, 6.07) is 7.34. The number of halogens is 1. The van der Waals surface area contributed by atoms with Gasteiger partial charge in [0.1, 0.15) is 6.17 Å². The lowest BCUT2D eigenvalue weighted by atomic mass is 9.83. The van der Waals surface area contributed by atoms with Gasteiger partial charge in [0, 0.05) is 16.8 Å². The van der Waals surface area contributed by atoms with Gasteiger partial charge in [-0.3, -0.25) is 9.98 Å². The summed E-state index contributed by atoms with van der Waals surface area (Å²) in [5.74, 6) is 0. The van der Waals surface area contributed by atoms with Crippen LogP contribution in [0.2, 0.25) is 0 Å². The largest absolute Gasteiger partial charge is 0.398 e. The summed E-state index contributed by atoms with van der Waals surface area (Å²) in [6.07, 6.45) is 1.54. The standard InChI is InChI=1S/C20H24FN5/c1-12(21)10-25-20-17-6-4-15(9-22)8-16(17)5-7-18(20)19(24)13(2)14(3)26-11-23/h4,6,8,11-12,14H,2,5,7,10,24H2,1,3H3,(H2,23,26). The minimum atomic E-state index is -1.06. The Balaban J connectivity index is 2.55. The van der Waals surface area contributed by atoms with Crippen molar-refractivity contribution in [3.63, 3.8) is 0 Å². The summed E-state index contributed by atoms with van der Waals surface area (Å²) in [4.78, 5) is 8.60. The molecule has 0 radical (unpaired) electrons. The first kappa shape index (κ1) is 19.4. The molecule has 2 atom stereocenters. The van der Waals surface area contributed by atoms with Crippen molar-refractivity contribution in [1.29, 1.82) is 5.26 Å². The number of hydrogen-bond donors (Lipinski definition) is 2. The average Bonchev–Trinajstić information content (AvgIpc) is 2.64. The molecule has 5 nitrogen and oxygen atoms in total. The zero-order valence-electron chi connectivity index (χ0n) is 15.2. The Morgan fingerprint density at radius 3 is 2.77 bits per heavy atom. The number of benzene rings is 1. The smallest absolute Gasteiger partial charge is 0.117 e. The maximum absolute atomic E-state index is 13.4. The molecule has 0 amide bonds. The highest BCUT2D eigenvalue weighted by Crippen LogP contribution is 2.30. The summed E-state index contributed by atoms with van der Waals surface area (Å²) in [7, 11) is 0. The van der Waals surface area contributed by atoms with Crippen molar-refractivity contribution in [1.82, 2.24) is 0 Å². The van der Waals surface area contributed by atoms with E-state index in [1.165, 1.54) is 13.3 Å². The monoisotopic (exact) mass is 353 g/mol. The van der Waals surface area contributed by atoms with Crippen LogP contribution in [0.3, 0.4) is 0 Å². The van der Waals surface area contributed by atoms with Crippen LogP contribution in [0, 0.1) is 11.3 Å². The van der Waals surface area contributed by atoms with E-state index in [-0.39, 0.29) is 12.6 Å². The third kappa shape index (κ3) is 4.17. The van der Waals surface area contributed by atoms with E-state index in [4.69, 9.17) is 16.7 Å². The summed E-state index contributed by atoms with van der Waals surface area (Å²) in [5, 5.41) is 9.11. The first-order valence-corrected chi connectivity index (χ1v) is 8.52. The first-order valence-electron chi connectivity index (χ1n) is 8.52. The molecule has 6 heteroatoms. The number of hydrogen-bond acceptors (Lipinski definition) is 4. The summed E-state index contributed by atoms with van der Waals surface area (Å²) >= 11 is 0. The van der Waals surface area contributed by atoms with E-state index in [1.807, 2.05) is 19.1 Å². The molecule has 26 heavy (non-hydrogen) atoms. The lowest BCUT2D eigenvalue weighted by Gasteiger charge is -2.25. The van der Waals surface area contributed by atoms with Gasteiger partial charge >= 0.3 is 0 Å². The topological polar surface area (TPSA) is 101 Å². The van der Waals surface area contributed by atoms with Gasteiger partial charge in [0.05, 0.1) is 36.3 Å². The highest BCUT2D eigenvalue weighted by atomic mass is 19.1. The summed E-state index contributed by atoms with van der Waals surface area (Å²) < 4.78 is 13.4. The molecular weight excluding hydrogens is 329 g/mol. The number of alkyl halides is 1. The van der Waals surface area contributed by atoms with Gasteiger partial charge in [0.25, 0.3) is 0 Å². The second-order valence-electron chi connectivity index (χ2n) is 6.35. The van der Waals surface area contributed by atoms with E-state index < -0.39 is 6.17 Å². The Morgan fingerprint density at radius 1 is 1.42 bits per heavy atom. The van der Waals surface area contributed by atoms with Crippen molar-refractivity contribution in [2.45, 2.75) is 38.9 Å². The maximum atomic E-state index is 13.4. The molecule has 4 N–H and O–H groups in total. The molecule has 0 fully saturated rings. The number of allylic oxidation sites excluding steroid dienone is 1. The molecule has 2 rings (SSSR count). The maximum Gasteiger partial charge on any atom is 0.117 e. The first-order chi connectivity index (χ1) is 12.4. The van der Waals surface area contributed by atoms with Crippen LogP contribution in [0.4, 0.5) is 4.39 Å². The van der Waals surface area contributed by atoms with Crippen LogP contribution in [-0.4, -0.2) is 30.8 Å². The zero-order chi connectivity index (χ0) is 19.3. The average molecular weight is 353 g/mol. The summed E-state index contributed by atoms with van der Waals surface area (Å²) in [6.45, 7) is 7.41. The van der Waals surface area contributed by atoms with Crippen molar-refractivity contribution < 1.29 is 4.39 Å². The molecule has 0 saturated heterocycles. The molecule has 136 valence electrons. The van der Waals surface area contributed by atoms with Crippen molar-refractivity contribution in [3.8, 4) is 6.07 Å². The molecule has 0 saturated carbocycles. The van der Waals surface area contributed by atoms with Crippen LogP contribution in [0.25, 0.3) is 0 Å². The van der Waals surface area contributed by atoms with Crippen molar-refractivity contribution >= 4 is 12.1 Å². The molecule has 0 spiro atoms. The van der Waals surface area contributed by atoms with E-state index >= 15 is 0 Å². The normalized spacial score (nSPS) is 19.7. The van der Waals surface area contributed by atoms with E-state index in [2.05, 4.69) is 22.6 Å². The number of rotatable bonds is 5. The minimum Gasteiger partial charge on any atom is -0.398 e. The molecule has 1 aromatic carbocycles. The molecule has 0 aromatic heterocycles. The quantitative estimate of drug-likeness (QED) is 0.628. The molecule has 1 aromatic rings. The van der Waals surface area contributed by atoms with Crippen LogP contribution in [0.5, 0.6) is 0 Å². The van der Waals surface area contributed by atoms with Gasteiger partial charge in [-0.1, -0.05) is 12.6 Å². The van der Waals surface area contributed by atoms with E-state index in [0.29, 0.717) is 29.0 Å². The second kappa shape index (κ2) is 8.43. The van der Waals surface area contributed by atoms with Crippen molar-refractivity contribution in [2.24, 2.45) is 21.5 Å². The highest BCUT2D eigenvalue weighted by molar-refractivity contribution is 6.15. The Hall–Kier alpha value is -2.94. The van der Waals surface area contributed by atoms with Gasteiger partial charge in [0.2, 0.25) is 0 Å². The Kier molecular flexibility index (Phi) is 6.29. The molecule has 1 aliphatic rings. The van der Waals surface area contributed by atoms with Crippen LogP contribution in [0.1, 0.15) is 37.0 Å². The molecule has 1 aliphatic carbocycles. The van der Waals surface area contributed by atoms with Gasteiger partial charge in [-0.05, 0) is 50.0 Å². The predicted molar refractivity (Wildman–Crippen MR) is 104 cm³/mol. The van der Waals surface area contributed by atoms with Gasteiger partial charge in [-0.25, -0.2) is 4.39 Å². The fourth-order valence-corrected chi connectivity index (χ4v) is 2.94. The fraction of sp³-hybridized carbons (Fsp3) is 0.350. The number of aryl methyl sites for hydroxylation is 1. The predicted octanol–water partition coefficient (Wildman–Crippen LogP) is 2.80. The fourth-order valence-electron chi connectivity index (χ4n) is 2.94. The third-order valence-electron chi connectivity index (χ3n) is 4.41. The highest BCUT2D eigenvalue weighted by Gasteiger charge is 2.24. The molecule has 0 aliphatic heterocycles.